The molecule has 25 heavy (non-hydrogen) atoms. The molecule has 0 atom stereocenters. The van der Waals surface area contributed by atoms with Gasteiger partial charge in [0.1, 0.15) is 0 Å². The van der Waals surface area contributed by atoms with Crippen LogP contribution in [-0.4, -0.2) is 18.4 Å². The van der Waals surface area contributed by atoms with E-state index >= 15 is 0 Å². The number of nitrogens with one attached hydrogen (secondary N) is 2. The van der Waals surface area contributed by atoms with Crippen molar-refractivity contribution in [3.05, 3.63) is 63.6 Å². The van der Waals surface area contributed by atoms with Gasteiger partial charge in [0.25, 0.3) is 11.8 Å². The molecule has 132 valence electrons. The quantitative estimate of drug-likeness (QED) is 0.653. The van der Waals surface area contributed by atoms with Crippen LogP contribution in [0.5, 0.6) is 0 Å². The van der Waals surface area contributed by atoms with Crippen LogP contribution < -0.4 is 10.6 Å². The van der Waals surface area contributed by atoms with Crippen LogP contribution in [0.15, 0.2) is 42.5 Å². The van der Waals surface area contributed by atoms with Crippen LogP contribution in [0.25, 0.3) is 0 Å². The van der Waals surface area contributed by atoms with Gasteiger partial charge in [-0.25, -0.2) is 0 Å². The summed E-state index contributed by atoms with van der Waals surface area (Å²) in [6.45, 7) is 2.73. The normalized spacial score (nSPS) is 10.4. The highest BCUT2D eigenvalue weighted by molar-refractivity contribution is 6.44. The number of carbonyl (C=O) groups excluding carboxylic acids is 2. The Morgan fingerprint density at radius 1 is 0.960 bits per heavy atom. The number of carbonyl (C=O) groups is 2. The van der Waals surface area contributed by atoms with E-state index in [2.05, 4.69) is 17.6 Å². The van der Waals surface area contributed by atoms with E-state index < -0.39 is 0 Å². The SMILES string of the molecule is CCCCCNC(=O)c1cccc(C(=O)Nc2cccc(Cl)c2Cl)c1. The molecular weight excluding hydrogens is 359 g/mol. The van der Waals surface area contributed by atoms with Crippen LogP contribution in [-0.2, 0) is 0 Å². The van der Waals surface area contributed by atoms with Gasteiger partial charge in [-0.3, -0.25) is 9.59 Å². The van der Waals surface area contributed by atoms with Gasteiger partial charge < -0.3 is 10.6 Å². The van der Waals surface area contributed by atoms with Crippen LogP contribution in [0, 0.1) is 0 Å². The van der Waals surface area contributed by atoms with Gasteiger partial charge in [0.05, 0.1) is 15.7 Å². The second kappa shape index (κ2) is 9.44. The molecule has 4 nitrogen and oxygen atoms in total. The Kier molecular flexibility index (Phi) is 7.29. The maximum Gasteiger partial charge on any atom is 0.255 e. The molecule has 0 heterocycles. The largest absolute Gasteiger partial charge is 0.352 e. The predicted molar refractivity (Wildman–Crippen MR) is 103 cm³/mol. The molecule has 0 aliphatic heterocycles. The highest BCUT2D eigenvalue weighted by Gasteiger charge is 2.12. The van der Waals surface area contributed by atoms with Crippen molar-refractivity contribution in [2.45, 2.75) is 26.2 Å². The van der Waals surface area contributed by atoms with Crippen molar-refractivity contribution < 1.29 is 9.59 Å². The second-order valence-corrected chi connectivity index (χ2v) is 6.38. The summed E-state index contributed by atoms with van der Waals surface area (Å²) in [5.41, 5.74) is 1.24. The van der Waals surface area contributed by atoms with Gasteiger partial charge in [-0.1, -0.05) is 55.1 Å². The molecule has 2 aromatic rings. The molecule has 6 heteroatoms. The van der Waals surface area contributed by atoms with Crippen molar-refractivity contribution in [2.24, 2.45) is 0 Å². The van der Waals surface area contributed by atoms with E-state index in [0.717, 1.165) is 19.3 Å². The van der Waals surface area contributed by atoms with Crippen LogP contribution in [0.3, 0.4) is 0 Å². The molecular formula is C19H20Cl2N2O2. The first-order valence-corrected chi connectivity index (χ1v) is 8.92. The van der Waals surface area contributed by atoms with Crippen molar-refractivity contribution in [1.82, 2.24) is 5.32 Å². The molecule has 0 radical (unpaired) electrons. The molecule has 0 unspecified atom stereocenters. The van der Waals surface area contributed by atoms with E-state index in [1.807, 2.05) is 0 Å². The second-order valence-electron chi connectivity index (χ2n) is 5.60. The average molecular weight is 379 g/mol. The fourth-order valence-corrected chi connectivity index (χ4v) is 2.62. The zero-order valence-corrected chi connectivity index (χ0v) is 15.5. The molecule has 2 N–H and O–H groups in total. The third kappa shape index (κ3) is 5.48. The molecule has 2 aromatic carbocycles. The van der Waals surface area contributed by atoms with Crippen LogP contribution in [0.1, 0.15) is 46.9 Å². The monoisotopic (exact) mass is 378 g/mol. The fraction of sp³-hybridized carbons (Fsp3) is 0.263. The number of amides is 2. The number of hydrogen-bond acceptors (Lipinski definition) is 2. The lowest BCUT2D eigenvalue weighted by atomic mass is 10.1. The van der Waals surface area contributed by atoms with E-state index in [-0.39, 0.29) is 16.8 Å². The fourth-order valence-electron chi connectivity index (χ4n) is 2.28. The topological polar surface area (TPSA) is 58.2 Å². The minimum absolute atomic E-state index is 0.188. The lowest BCUT2D eigenvalue weighted by molar-refractivity contribution is 0.0953. The lowest BCUT2D eigenvalue weighted by Gasteiger charge is -2.09. The van der Waals surface area contributed by atoms with Gasteiger partial charge in [-0.15, -0.1) is 0 Å². The first kappa shape index (κ1) is 19.3. The summed E-state index contributed by atoms with van der Waals surface area (Å²) in [7, 11) is 0. The van der Waals surface area contributed by atoms with Crippen molar-refractivity contribution in [2.75, 3.05) is 11.9 Å². The number of hydrogen-bond donors (Lipinski definition) is 2. The van der Waals surface area contributed by atoms with Gasteiger partial charge in [0.15, 0.2) is 0 Å². The third-order valence-electron chi connectivity index (χ3n) is 3.65. The molecule has 0 aromatic heterocycles. The molecule has 0 spiro atoms. The van der Waals surface area contributed by atoms with Gasteiger partial charge in [-0.05, 0) is 36.8 Å². The molecule has 0 fully saturated rings. The van der Waals surface area contributed by atoms with E-state index in [9.17, 15) is 9.59 Å². The molecule has 2 amide bonds. The predicted octanol–water partition coefficient (Wildman–Crippen LogP) is 5.17. The Hall–Kier alpha value is -2.04. The van der Waals surface area contributed by atoms with Gasteiger partial charge in [0.2, 0.25) is 0 Å². The van der Waals surface area contributed by atoms with Gasteiger partial charge in [0, 0.05) is 17.7 Å². The Bertz CT molecular complexity index is 763. The maximum absolute atomic E-state index is 12.4. The zero-order valence-electron chi connectivity index (χ0n) is 13.9. The van der Waals surface area contributed by atoms with Gasteiger partial charge >= 0.3 is 0 Å². The Morgan fingerprint density at radius 3 is 2.36 bits per heavy atom. The number of unbranched alkanes of at least 4 members (excludes halogenated alkanes) is 2. The summed E-state index contributed by atoms with van der Waals surface area (Å²) in [4.78, 5) is 24.6. The molecule has 0 saturated heterocycles. The van der Waals surface area contributed by atoms with Crippen molar-refractivity contribution in [3.8, 4) is 0 Å². The highest BCUT2D eigenvalue weighted by atomic mass is 35.5. The molecule has 0 aliphatic carbocycles. The third-order valence-corrected chi connectivity index (χ3v) is 4.47. The highest BCUT2D eigenvalue weighted by Crippen LogP contribution is 2.29. The summed E-state index contributed by atoms with van der Waals surface area (Å²) in [5, 5.41) is 6.20. The molecule has 0 aliphatic rings. The van der Waals surface area contributed by atoms with Crippen molar-refractivity contribution in [1.29, 1.82) is 0 Å². The number of benzene rings is 2. The first-order valence-electron chi connectivity index (χ1n) is 8.16. The average Bonchev–Trinajstić information content (AvgIpc) is 2.62. The molecule has 0 bridgehead atoms. The summed E-state index contributed by atoms with van der Waals surface area (Å²) in [5.74, 6) is -0.545. The summed E-state index contributed by atoms with van der Waals surface area (Å²) in [6, 6.07) is 11.6. The lowest BCUT2D eigenvalue weighted by Crippen LogP contribution is -2.24. The zero-order chi connectivity index (χ0) is 18.2. The minimum atomic E-state index is -0.357. The number of anilines is 1. The van der Waals surface area contributed by atoms with Gasteiger partial charge in [-0.2, -0.15) is 0 Å². The summed E-state index contributed by atoms with van der Waals surface area (Å²) < 4.78 is 0. The van der Waals surface area contributed by atoms with E-state index in [1.165, 1.54) is 0 Å². The summed E-state index contributed by atoms with van der Waals surface area (Å²) in [6.07, 6.45) is 3.11. The van der Waals surface area contributed by atoms with Crippen molar-refractivity contribution >= 4 is 40.7 Å². The molecule has 2 rings (SSSR count). The Balaban J connectivity index is 2.06. The smallest absolute Gasteiger partial charge is 0.255 e. The van der Waals surface area contributed by atoms with Crippen LogP contribution in [0.2, 0.25) is 10.0 Å². The first-order chi connectivity index (χ1) is 12.0. The Morgan fingerprint density at radius 2 is 1.64 bits per heavy atom. The summed E-state index contributed by atoms with van der Waals surface area (Å²) >= 11 is 12.0. The minimum Gasteiger partial charge on any atom is -0.352 e. The Labute approximate surface area is 157 Å². The van der Waals surface area contributed by atoms with Crippen LogP contribution in [0.4, 0.5) is 5.69 Å². The standard InChI is InChI=1S/C19H20Cl2N2O2/c1-2-3-4-11-22-18(24)13-7-5-8-14(12-13)19(25)23-16-10-6-9-15(20)17(16)21/h5-10,12H,2-4,11H2,1H3,(H,22,24)(H,23,25). The van der Waals surface area contributed by atoms with E-state index in [1.54, 1.807) is 42.5 Å². The van der Waals surface area contributed by atoms with E-state index in [0.29, 0.717) is 28.4 Å². The number of halogens is 2. The molecule has 0 saturated carbocycles. The number of rotatable bonds is 7. The van der Waals surface area contributed by atoms with Crippen LogP contribution >= 0.6 is 23.2 Å². The maximum atomic E-state index is 12.4. The van der Waals surface area contributed by atoms with E-state index in [4.69, 9.17) is 23.2 Å². The van der Waals surface area contributed by atoms with Crippen molar-refractivity contribution in [3.63, 3.8) is 0 Å².